The highest BCUT2D eigenvalue weighted by atomic mass is 16.1. The Balaban J connectivity index is 3.61. The molecule has 0 saturated carbocycles. The van der Waals surface area contributed by atoms with E-state index in [1.165, 1.54) is 6.92 Å². The first-order chi connectivity index (χ1) is 3.66. The van der Waals surface area contributed by atoms with E-state index in [1.807, 2.05) is 0 Å². The number of nitrogens with zero attached hydrogens (tertiary/aromatic N) is 1. The van der Waals surface area contributed by atoms with Crippen LogP contribution in [0.2, 0.25) is 0 Å². The predicted octanol–water partition coefficient (Wildman–Crippen LogP) is 0.509. The molecule has 0 aliphatic rings. The number of carbonyl (C=O) groups excluding carboxylic acids is 1. The van der Waals surface area contributed by atoms with E-state index in [4.69, 9.17) is 10.7 Å². The lowest BCUT2D eigenvalue weighted by molar-refractivity contribution is -0.115. The molecule has 1 N–H and O–H groups in total. The minimum Gasteiger partial charge on any atom is -0.300 e. The minimum absolute atomic E-state index is 0.0312. The van der Waals surface area contributed by atoms with Crippen molar-refractivity contribution in [1.29, 1.82) is 10.7 Å². The quantitative estimate of drug-likeness (QED) is 0.526. The van der Waals surface area contributed by atoms with Crippen molar-refractivity contribution in [3.05, 3.63) is 0 Å². The first-order valence-corrected chi connectivity index (χ1v) is 2.13. The molecule has 3 nitrogen and oxygen atoms in total. The normalized spacial score (nSPS) is 7.50. The highest BCUT2D eigenvalue weighted by Gasteiger charge is 1.96. The fraction of sp³-hybridized carbons (Fsp3) is 0.400. The van der Waals surface area contributed by atoms with E-state index in [0.29, 0.717) is 0 Å². The fourth-order valence-corrected chi connectivity index (χ4v) is 0.288. The molecule has 3 heteroatoms. The molecular weight excluding hydrogens is 104 g/mol. The van der Waals surface area contributed by atoms with Crippen LogP contribution in [0.15, 0.2) is 0 Å². The Morgan fingerprint density at radius 3 is 2.50 bits per heavy atom. The lowest BCUT2D eigenvalue weighted by atomic mass is 10.2. The minimum atomic E-state index is -0.169. The number of nitrogens with one attached hydrogen (secondary N) is 1. The molecule has 0 aromatic heterocycles. The standard InChI is InChI=1S/C5H6N2O/c1-4(8)2-5(7)3-6/h7H,2H2,1H3. The van der Waals surface area contributed by atoms with E-state index in [1.54, 1.807) is 6.07 Å². The van der Waals surface area contributed by atoms with Crippen LogP contribution >= 0.6 is 0 Å². The van der Waals surface area contributed by atoms with E-state index in [9.17, 15) is 4.79 Å². The molecule has 0 aromatic carbocycles. The smallest absolute Gasteiger partial charge is 0.136 e. The van der Waals surface area contributed by atoms with E-state index in [-0.39, 0.29) is 17.9 Å². The topological polar surface area (TPSA) is 64.7 Å². The highest BCUT2D eigenvalue weighted by Crippen LogP contribution is 1.81. The maximum atomic E-state index is 10.1. The van der Waals surface area contributed by atoms with Crippen molar-refractivity contribution in [3.63, 3.8) is 0 Å². The predicted molar refractivity (Wildman–Crippen MR) is 28.6 cm³/mol. The van der Waals surface area contributed by atoms with Gasteiger partial charge in [-0.1, -0.05) is 0 Å². The summed E-state index contributed by atoms with van der Waals surface area (Å²) in [4.78, 5) is 10.1. The maximum Gasteiger partial charge on any atom is 0.136 e. The number of ketones is 1. The van der Waals surface area contributed by atoms with Crippen LogP contribution in [0.25, 0.3) is 0 Å². The van der Waals surface area contributed by atoms with Gasteiger partial charge in [-0.25, -0.2) is 0 Å². The van der Waals surface area contributed by atoms with Crippen LogP contribution in [-0.4, -0.2) is 11.5 Å². The van der Waals surface area contributed by atoms with Crippen molar-refractivity contribution >= 4 is 11.5 Å². The van der Waals surface area contributed by atoms with Crippen LogP contribution in [0.5, 0.6) is 0 Å². The van der Waals surface area contributed by atoms with Gasteiger partial charge in [0.25, 0.3) is 0 Å². The summed E-state index contributed by atoms with van der Waals surface area (Å²) >= 11 is 0. The SMILES string of the molecule is CC(=O)CC(=N)C#N. The second-order valence-electron chi connectivity index (χ2n) is 1.47. The molecule has 0 aromatic rings. The Kier molecular flexibility index (Phi) is 2.49. The van der Waals surface area contributed by atoms with Crippen LogP contribution < -0.4 is 0 Å². The highest BCUT2D eigenvalue weighted by molar-refractivity contribution is 6.07. The average Bonchev–Trinajstić information content (AvgIpc) is 1.65. The lowest BCUT2D eigenvalue weighted by Crippen LogP contribution is -1.98. The molecule has 0 heterocycles. The van der Waals surface area contributed by atoms with Crippen molar-refractivity contribution in [3.8, 4) is 6.07 Å². The monoisotopic (exact) mass is 110 g/mol. The van der Waals surface area contributed by atoms with Crippen LogP contribution in [0.4, 0.5) is 0 Å². The summed E-state index contributed by atoms with van der Waals surface area (Å²) < 4.78 is 0. The van der Waals surface area contributed by atoms with Gasteiger partial charge < -0.3 is 0 Å². The third kappa shape index (κ3) is 3.04. The summed E-state index contributed by atoms with van der Waals surface area (Å²) in [6.45, 7) is 1.35. The molecule has 0 unspecified atom stereocenters. The van der Waals surface area contributed by atoms with Crippen LogP contribution in [0, 0.1) is 16.7 Å². The number of hydrogen-bond acceptors (Lipinski definition) is 3. The second kappa shape index (κ2) is 2.92. The molecule has 0 saturated heterocycles. The van der Waals surface area contributed by atoms with Gasteiger partial charge in [-0.05, 0) is 6.92 Å². The third-order valence-corrected chi connectivity index (χ3v) is 0.561. The number of rotatable bonds is 2. The van der Waals surface area contributed by atoms with Crippen molar-refractivity contribution in [2.75, 3.05) is 0 Å². The number of carbonyl (C=O) groups is 1. The first-order valence-electron chi connectivity index (χ1n) is 2.13. The lowest BCUT2D eigenvalue weighted by Gasteiger charge is -1.82. The van der Waals surface area contributed by atoms with E-state index in [0.717, 1.165) is 0 Å². The Bertz CT molecular complexity index is 154. The second-order valence-corrected chi connectivity index (χ2v) is 1.47. The zero-order valence-corrected chi connectivity index (χ0v) is 4.56. The van der Waals surface area contributed by atoms with E-state index < -0.39 is 0 Å². The van der Waals surface area contributed by atoms with Crippen molar-refractivity contribution in [2.24, 2.45) is 0 Å². The molecule has 0 rings (SSSR count). The zero-order chi connectivity index (χ0) is 6.57. The Labute approximate surface area is 47.4 Å². The van der Waals surface area contributed by atoms with Gasteiger partial charge in [-0.15, -0.1) is 0 Å². The Hall–Kier alpha value is -1.17. The molecule has 0 fully saturated rings. The Morgan fingerprint density at radius 2 is 2.38 bits per heavy atom. The van der Waals surface area contributed by atoms with E-state index in [2.05, 4.69) is 0 Å². The van der Waals surface area contributed by atoms with Crippen molar-refractivity contribution in [2.45, 2.75) is 13.3 Å². The van der Waals surface area contributed by atoms with Crippen LogP contribution in [0.1, 0.15) is 13.3 Å². The molecule has 8 heavy (non-hydrogen) atoms. The largest absolute Gasteiger partial charge is 0.300 e. The summed E-state index contributed by atoms with van der Waals surface area (Å²) in [5, 5.41) is 14.6. The Morgan fingerprint density at radius 1 is 1.88 bits per heavy atom. The summed E-state index contributed by atoms with van der Waals surface area (Å²) in [7, 11) is 0. The average molecular weight is 110 g/mol. The van der Waals surface area contributed by atoms with Crippen molar-refractivity contribution in [1.82, 2.24) is 0 Å². The van der Waals surface area contributed by atoms with Gasteiger partial charge in [0.2, 0.25) is 0 Å². The molecule has 0 radical (unpaired) electrons. The molecule has 0 bridgehead atoms. The number of nitriles is 1. The molecule has 42 valence electrons. The van der Waals surface area contributed by atoms with Gasteiger partial charge in [-0.3, -0.25) is 10.2 Å². The van der Waals surface area contributed by atoms with Gasteiger partial charge >= 0.3 is 0 Å². The van der Waals surface area contributed by atoms with Crippen molar-refractivity contribution < 1.29 is 4.79 Å². The molecular formula is C5H6N2O. The van der Waals surface area contributed by atoms with Gasteiger partial charge in [0, 0.05) is 0 Å². The number of hydrogen-bond donors (Lipinski definition) is 1. The summed E-state index contributed by atoms with van der Waals surface area (Å²) in [5.74, 6) is -0.142. The van der Waals surface area contributed by atoms with Gasteiger partial charge in [0.15, 0.2) is 0 Å². The molecule has 0 atom stereocenters. The van der Waals surface area contributed by atoms with Crippen LogP contribution in [0.3, 0.4) is 0 Å². The van der Waals surface area contributed by atoms with Gasteiger partial charge in [0.05, 0.1) is 6.42 Å². The molecule has 0 amide bonds. The zero-order valence-electron chi connectivity index (χ0n) is 4.56. The summed E-state index contributed by atoms with van der Waals surface area (Å²) in [6, 6.07) is 1.56. The maximum absolute atomic E-state index is 10.1. The third-order valence-electron chi connectivity index (χ3n) is 0.561. The molecule has 0 aliphatic carbocycles. The van der Waals surface area contributed by atoms with Crippen LogP contribution in [-0.2, 0) is 4.79 Å². The fourth-order valence-electron chi connectivity index (χ4n) is 0.288. The number of Topliss-reactive ketones (excluding diaryl/α,β-unsaturated/α-hetero) is 1. The first kappa shape index (κ1) is 6.83. The molecule has 0 aliphatic heterocycles. The van der Waals surface area contributed by atoms with Gasteiger partial charge in [0.1, 0.15) is 17.6 Å². The summed E-state index contributed by atoms with van der Waals surface area (Å²) in [5.41, 5.74) is -0.169. The van der Waals surface area contributed by atoms with Gasteiger partial charge in [-0.2, -0.15) is 5.26 Å². The molecule has 0 spiro atoms. The summed E-state index contributed by atoms with van der Waals surface area (Å²) in [6.07, 6.45) is -0.0312. The van der Waals surface area contributed by atoms with E-state index >= 15 is 0 Å².